The molecule has 27 heavy (non-hydrogen) atoms. The molecule has 1 atom stereocenters. The lowest BCUT2D eigenvalue weighted by Crippen LogP contribution is -2.44. The molecule has 1 amide bonds. The van der Waals surface area contributed by atoms with Gasteiger partial charge in [0.25, 0.3) is 0 Å². The summed E-state index contributed by atoms with van der Waals surface area (Å²) < 4.78 is 1.79. The fourth-order valence-electron chi connectivity index (χ4n) is 3.66. The number of rotatable bonds is 4. The van der Waals surface area contributed by atoms with Crippen LogP contribution in [0.3, 0.4) is 0 Å². The highest BCUT2D eigenvalue weighted by Crippen LogP contribution is 2.25. The van der Waals surface area contributed by atoms with Gasteiger partial charge in [0.2, 0.25) is 5.91 Å². The van der Waals surface area contributed by atoms with Crippen molar-refractivity contribution in [3.05, 3.63) is 42.9 Å². The van der Waals surface area contributed by atoms with Crippen molar-refractivity contribution in [1.29, 1.82) is 0 Å². The van der Waals surface area contributed by atoms with Gasteiger partial charge in [-0.2, -0.15) is 5.10 Å². The zero-order chi connectivity index (χ0) is 18.8. The second-order valence-electron chi connectivity index (χ2n) is 7.30. The molecule has 0 spiro atoms. The maximum Gasteiger partial charge on any atom is 0.242 e. The lowest BCUT2D eigenvalue weighted by Gasteiger charge is -2.31. The van der Waals surface area contributed by atoms with E-state index in [-0.39, 0.29) is 11.9 Å². The van der Waals surface area contributed by atoms with Crippen molar-refractivity contribution in [1.82, 2.24) is 19.7 Å². The normalized spacial score (nSPS) is 16.4. The molecule has 1 aliphatic rings. The van der Waals surface area contributed by atoms with Crippen LogP contribution in [0.2, 0.25) is 0 Å². The maximum absolute atomic E-state index is 12.6. The molecule has 0 bridgehead atoms. The number of hydrogen-bond donors (Lipinski definition) is 1. The summed E-state index contributed by atoms with van der Waals surface area (Å²) in [6.45, 7) is 3.96. The van der Waals surface area contributed by atoms with Crippen LogP contribution in [-0.4, -0.2) is 44.7 Å². The molecule has 1 aliphatic heterocycles. The number of benzene rings is 1. The van der Waals surface area contributed by atoms with Crippen LogP contribution in [0.1, 0.15) is 26.2 Å². The largest absolute Gasteiger partial charge is 0.309 e. The molecule has 0 aliphatic carbocycles. The molecule has 2 aromatic heterocycles. The Morgan fingerprint density at radius 2 is 1.89 bits per heavy atom. The lowest BCUT2D eigenvalue weighted by atomic mass is 10.0. The molecule has 4 rings (SSSR count). The number of carbonyl (C=O) groups excluding carboxylic acids is 1. The fraction of sp³-hybridized carbons (Fsp3) is 0.381. The molecule has 1 saturated heterocycles. The van der Waals surface area contributed by atoms with Gasteiger partial charge < -0.3 is 5.32 Å². The molecule has 140 valence electrons. The van der Waals surface area contributed by atoms with Gasteiger partial charge in [0.1, 0.15) is 5.82 Å². The first-order valence-corrected chi connectivity index (χ1v) is 9.54. The molecule has 3 aromatic rings. The van der Waals surface area contributed by atoms with Crippen LogP contribution in [0.25, 0.3) is 21.9 Å². The molecule has 0 radical (unpaired) electrons. The van der Waals surface area contributed by atoms with Crippen LogP contribution in [0.5, 0.6) is 0 Å². The highest BCUT2D eigenvalue weighted by atomic mass is 16.2. The topological polar surface area (TPSA) is 63.1 Å². The number of pyridine rings is 1. The average Bonchev–Trinajstić information content (AvgIpc) is 3.14. The van der Waals surface area contributed by atoms with E-state index in [1.54, 1.807) is 4.68 Å². The van der Waals surface area contributed by atoms with Crippen molar-refractivity contribution in [2.45, 2.75) is 32.2 Å². The molecule has 6 nitrogen and oxygen atoms in total. The number of piperidine rings is 1. The van der Waals surface area contributed by atoms with E-state index in [1.807, 2.05) is 44.7 Å². The summed E-state index contributed by atoms with van der Waals surface area (Å²) >= 11 is 0. The van der Waals surface area contributed by atoms with Gasteiger partial charge in [-0.3, -0.25) is 14.4 Å². The first kappa shape index (κ1) is 17.7. The van der Waals surface area contributed by atoms with Gasteiger partial charge in [0.15, 0.2) is 0 Å². The molecule has 1 fully saturated rings. The number of nitrogens with one attached hydrogen (secondary N) is 1. The average molecular weight is 363 g/mol. The zero-order valence-electron chi connectivity index (χ0n) is 15.9. The van der Waals surface area contributed by atoms with Gasteiger partial charge in [-0.15, -0.1) is 0 Å². The van der Waals surface area contributed by atoms with Crippen molar-refractivity contribution in [2.75, 3.05) is 18.4 Å². The Morgan fingerprint density at radius 1 is 1.07 bits per heavy atom. The second kappa shape index (κ2) is 7.48. The van der Waals surface area contributed by atoms with Crippen molar-refractivity contribution in [2.24, 2.45) is 7.05 Å². The molecular weight excluding hydrogens is 338 g/mol. The van der Waals surface area contributed by atoms with Crippen molar-refractivity contribution in [3.8, 4) is 11.1 Å². The lowest BCUT2D eigenvalue weighted by molar-refractivity contribution is -0.121. The highest BCUT2D eigenvalue weighted by Gasteiger charge is 2.23. The maximum atomic E-state index is 12.6. The Morgan fingerprint density at radius 3 is 2.63 bits per heavy atom. The van der Waals surface area contributed by atoms with Gasteiger partial charge in [-0.05, 0) is 55.9 Å². The van der Waals surface area contributed by atoms with Gasteiger partial charge in [0.05, 0.1) is 12.2 Å². The number of carbonyl (C=O) groups is 1. The summed E-state index contributed by atoms with van der Waals surface area (Å²) in [5, 5.41) is 9.32. The number of fused-ring (bicyclic) bond motifs is 1. The number of hydrogen-bond acceptors (Lipinski definition) is 4. The van der Waals surface area contributed by atoms with E-state index in [0.29, 0.717) is 5.82 Å². The SMILES string of the molecule is CC(C(=O)Nc1cc2cc(-c3cnn(C)c3)ccc2cn1)N1CCCCC1. The van der Waals surface area contributed by atoms with Gasteiger partial charge >= 0.3 is 0 Å². The van der Waals surface area contributed by atoms with Crippen LogP contribution < -0.4 is 5.32 Å². The van der Waals surface area contributed by atoms with Crippen LogP contribution in [-0.2, 0) is 11.8 Å². The predicted molar refractivity (Wildman–Crippen MR) is 107 cm³/mol. The van der Waals surface area contributed by atoms with E-state index >= 15 is 0 Å². The summed E-state index contributed by atoms with van der Waals surface area (Å²) in [6.07, 6.45) is 9.25. The van der Waals surface area contributed by atoms with Crippen LogP contribution in [0.15, 0.2) is 42.9 Å². The minimum atomic E-state index is -0.135. The summed E-state index contributed by atoms with van der Waals surface area (Å²) in [5.41, 5.74) is 2.17. The Hall–Kier alpha value is -2.73. The van der Waals surface area contributed by atoms with E-state index in [4.69, 9.17) is 0 Å². The molecule has 3 heterocycles. The number of amides is 1. The fourth-order valence-corrected chi connectivity index (χ4v) is 3.66. The number of aromatic nitrogens is 3. The third-order valence-corrected chi connectivity index (χ3v) is 5.33. The van der Waals surface area contributed by atoms with Gasteiger partial charge in [0, 0.05) is 30.4 Å². The van der Waals surface area contributed by atoms with E-state index in [1.165, 1.54) is 19.3 Å². The Balaban J connectivity index is 1.54. The van der Waals surface area contributed by atoms with E-state index in [9.17, 15) is 4.79 Å². The minimum absolute atomic E-state index is 0.00663. The summed E-state index contributed by atoms with van der Waals surface area (Å²) in [5.74, 6) is 0.604. The second-order valence-corrected chi connectivity index (χ2v) is 7.30. The number of likely N-dealkylation sites (tertiary alicyclic amines) is 1. The highest BCUT2D eigenvalue weighted by molar-refractivity contribution is 5.96. The van der Waals surface area contributed by atoms with E-state index in [0.717, 1.165) is 35.0 Å². The monoisotopic (exact) mass is 363 g/mol. The van der Waals surface area contributed by atoms with E-state index in [2.05, 4.69) is 32.4 Å². The molecular formula is C21H25N5O. The third-order valence-electron chi connectivity index (χ3n) is 5.33. The number of nitrogens with zero attached hydrogens (tertiary/aromatic N) is 4. The quantitative estimate of drug-likeness (QED) is 0.771. The van der Waals surface area contributed by atoms with E-state index < -0.39 is 0 Å². The summed E-state index contributed by atoms with van der Waals surface area (Å²) in [4.78, 5) is 19.3. The molecule has 1 aromatic carbocycles. The van der Waals surface area contributed by atoms with Crippen LogP contribution in [0.4, 0.5) is 5.82 Å². The van der Waals surface area contributed by atoms with Crippen LogP contribution in [0, 0.1) is 0 Å². The standard InChI is InChI=1S/C21H25N5O/c1-15(26-8-4-3-5-9-26)21(27)24-20-11-18-10-16(6-7-17(18)12-22-20)19-13-23-25(2)14-19/h6-7,10-15H,3-5,8-9H2,1-2H3,(H,22,24,27). The molecule has 0 saturated carbocycles. The molecule has 6 heteroatoms. The van der Waals surface area contributed by atoms with Crippen molar-refractivity contribution in [3.63, 3.8) is 0 Å². The van der Waals surface area contributed by atoms with Gasteiger partial charge in [-0.25, -0.2) is 4.98 Å². The predicted octanol–water partition coefficient (Wildman–Crippen LogP) is 3.45. The molecule has 1 N–H and O–H groups in total. The van der Waals surface area contributed by atoms with Crippen molar-refractivity contribution >= 4 is 22.5 Å². The Kier molecular flexibility index (Phi) is 4.90. The molecule has 1 unspecified atom stereocenters. The van der Waals surface area contributed by atoms with Crippen molar-refractivity contribution < 1.29 is 4.79 Å². The summed E-state index contributed by atoms with van der Waals surface area (Å²) in [6, 6.07) is 8.03. The Bertz CT molecular complexity index is 958. The summed E-state index contributed by atoms with van der Waals surface area (Å²) in [7, 11) is 1.91. The third kappa shape index (κ3) is 3.85. The number of aryl methyl sites for hydroxylation is 1. The van der Waals surface area contributed by atoms with Gasteiger partial charge in [-0.1, -0.05) is 18.6 Å². The van der Waals surface area contributed by atoms with Crippen LogP contribution >= 0.6 is 0 Å². The first-order valence-electron chi connectivity index (χ1n) is 9.54. The minimum Gasteiger partial charge on any atom is -0.309 e. The first-order chi connectivity index (χ1) is 13.1. The Labute approximate surface area is 159 Å². The smallest absolute Gasteiger partial charge is 0.242 e. The number of anilines is 1. The zero-order valence-corrected chi connectivity index (χ0v) is 15.9.